The van der Waals surface area contributed by atoms with Gasteiger partial charge < -0.3 is 10.5 Å². The van der Waals surface area contributed by atoms with Gasteiger partial charge in [0.2, 0.25) is 0 Å². The molecule has 0 spiro atoms. The second-order valence-electron chi connectivity index (χ2n) is 4.57. The van der Waals surface area contributed by atoms with Crippen molar-refractivity contribution >= 4 is 5.97 Å². The minimum Gasteiger partial charge on any atom is -0.423 e. The second-order valence-corrected chi connectivity index (χ2v) is 4.57. The summed E-state index contributed by atoms with van der Waals surface area (Å²) < 4.78 is 5.38. The van der Waals surface area contributed by atoms with Crippen molar-refractivity contribution in [2.75, 3.05) is 0 Å². The van der Waals surface area contributed by atoms with E-state index in [4.69, 9.17) is 10.5 Å². The maximum atomic E-state index is 11.7. The van der Waals surface area contributed by atoms with Crippen molar-refractivity contribution in [1.29, 1.82) is 0 Å². The first-order valence-electron chi connectivity index (χ1n) is 6.38. The van der Waals surface area contributed by atoms with E-state index in [2.05, 4.69) is 6.58 Å². The molecule has 0 unspecified atom stereocenters. The zero-order valence-corrected chi connectivity index (χ0v) is 11.4. The molecule has 0 atom stereocenters. The maximum absolute atomic E-state index is 11.7. The van der Waals surface area contributed by atoms with Crippen LogP contribution >= 0.6 is 0 Å². The summed E-state index contributed by atoms with van der Waals surface area (Å²) in [6.45, 7) is 5.66. The minimum atomic E-state index is -0.428. The van der Waals surface area contributed by atoms with Gasteiger partial charge in [-0.05, 0) is 30.2 Å². The Morgan fingerprint density at radius 1 is 1.20 bits per heavy atom. The Balaban J connectivity index is 2.46. The first kappa shape index (κ1) is 14.0. The van der Waals surface area contributed by atoms with Gasteiger partial charge in [-0.15, -0.1) is 0 Å². The lowest BCUT2D eigenvalue weighted by atomic mass is 10.0. The Morgan fingerprint density at radius 2 is 1.90 bits per heavy atom. The maximum Gasteiger partial charge on any atom is 0.338 e. The SMILES string of the molecule is C=C(C)C(=O)Oc1ccc(CN)cc1-c1ccccc1. The normalized spacial score (nSPS) is 10.1. The van der Waals surface area contributed by atoms with Crippen molar-refractivity contribution in [3.05, 3.63) is 66.2 Å². The van der Waals surface area contributed by atoms with Crippen LogP contribution in [0.15, 0.2) is 60.7 Å². The topological polar surface area (TPSA) is 52.3 Å². The monoisotopic (exact) mass is 267 g/mol. The molecule has 2 aromatic carbocycles. The lowest BCUT2D eigenvalue weighted by molar-refractivity contribution is -0.130. The van der Waals surface area contributed by atoms with E-state index in [0.29, 0.717) is 17.9 Å². The largest absolute Gasteiger partial charge is 0.423 e. The summed E-state index contributed by atoms with van der Waals surface area (Å²) in [6, 6.07) is 15.3. The summed E-state index contributed by atoms with van der Waals surface area (Å²) in [5, 5.41) is 0. The third-order valence-corrected chi connectivity index (χ3v) is 2.92. The first-order valence-corrected chi connectivity index (χ1v) is 6.38. The van der Waals surface area contributed by atoms with Crippen molar-refractivity contribution in [1.82, 2.24) is 0 Å². The molecule has 0 amide bonds. The fraction of sp³-hybridized carbons (Fsp3) is 0.118. The predicted octanol–water partition coefficient (Wildman–Crippen LogP) is 3.29. The molecule has 102 valence electrons. The number of rotatable bonds is 4. The zero-order valence-electron chi connectivity index (χ0n) is 11.4. The number of carbonyl (C=O) groups is 1. The standard InChI is InChI=1S/C17H17NO2/c1-12(2)17(19)20-16-9-8-13(11-18)10-15(16)14-6-4-3-5-7-14/h3-10H,1,11,18H2,2H3. The fourth-order valence-corrected chi connectivity index (χ4v) is 1.82. The molecule has 0 aliphatic heterocycles. The summed E-state index contributed by atoms with van der Waals surface area (Å²) in [7, 11) is 0. The molecule has 0 bridgehead atoms. The predicted molar refractivity (Wildman–Crippen MR) is 80.2 cm³/mol. The highest BCUT2D eigenvalue weighted by Gasteiger charge is 2.12. The number of hydrogen-bond acceptors (Lipinski definition) is 3. The van der Waals surface area contributed by atoms with E-state index in [1.165, 1.54) is 0 Å². The number of nitrogens with two attached hydrogens (primary N) is 1. The average molecular weight is 267 g/mol. The second kappa shape index (κ2) is 6.17. The molecular formula is C17H17NO2. The summed E-state index contributed by atoms with van der Waals surface area (Å²) >= 11 is 0. The minimum absolute atomic E-state index is 0.368. The molecule has 0 radical (unpaired) electrons. The number of ether oxygens (including phenoxy) is 1. The van der Waals surface area contributed by atoms with Gasteiger partial charge in [-0.3, -0.25) is 0 Å². The molecule has 2 rings (SSSR count). The van der Waals surface area contributed by atoms with Gasteiger partial charge in [0.1, 0.15) is 5.75 Å². The van der Waals surface area contributed by atoms with Gasteiger partial charge in [0.05, 0.1) is 0 Å². The van der Waals surface area contributed by atoms with Crippen molar-refractivity contribution < 1.29 is 9.53 Å². The van der Waals surface area contributed by atoms with Crippen LogP contribution in [0.3, 0.4) is 0 Å². The van der Waals surface area contributed by atoms with Gasteiger partial charge in [-0.2, -0.15) is 0 Å². The highest BCUT2D eigenvalue weighted by Crippen LogP contribution is 2.31. The van der Waals surface area contributed by atoms with Gasteiger partial charge in [0.15, 0.2) is 0 Å². The number of hydrogen-bond donors (Lipinski definition) is 1. The van der Waals surface area contributed by atoms with E-state index >= 15 is 0 Å². The zero-order chi connectivity index (χ0) is 14.5. The van der Waals surface area contributed by atoms with E-state index in [9.17, 15) is 4.79 Å². The quantitative estimate of drug-likeness (QED) is 0.525. The lowest BCUT2D eigenvalue weighted by Gasteiger charge is -2.12. The first-order chi connectivity index (χ1) is 9.61. The Kier molecular flexibility index (Phi) is 4.33. The van der Waals surface area contributed by atoms with Crippen molar-refractivity contribution in [2.45, 2.75) is 13.5 Å². The fourth-order valence-electron chi connectivity index (χ4n) is 1.82. The molecule has 0 aromatic heterocycles. The lowest BCUT2D eigenvalue weighted by Crippen LogP contribution is -2.09. The van der Waals surface area contributed by atoms with Crippen molar-refractivity contribution in [2.24, 2.45) is 5.73 Å². The molecular weight excluding hydrogens is 250 g/mol. The summed E-state index contributed by atoms with van der Waals surface area (Å²) in [6.07, 6.45) is 0. The molecule has 0 aliphatic rings. The van der Waals surface area contributed by atoms with Crippen LogP contribution in [0.1, 0.15) is 12.5 Å². The number of carbonyl (C=O) groups excluding carboxylic acids is 1. The summed E-state index contributed by atoms with van der Waals surface area (Å²) in [5.74, 6) is 0.0871. The molecule has 20 heavy (non-hydrogen) atoms. The molecule has 0 saturated heterocycles. The highest BCUT2D eigenvalue weighted by atomic mass is 16.5. The van der Waals surface area contributed by atoms with Crippen molar-refractivity contribution in [3.8, 4) is 16.9 Å². The highest BCUT2D eigenvalue weighted by molar-refractivity contribution is 5.90. The summed E-state index contributed by atoms with van der Waals surface area (Å²) in [4.78, 5) is 11.7. The van der Waals surface area contributed by atoms with Crippen LogP contribution in [0, 0.1) is 0 Å². The Hall–Kier alpha value is -2.39. The van der Waals surface area contributed by atoms with Crippen LogP contribution in [-0.4, -0.2) is 5.97 Å². The van der Waals surface area contributed by atoms with Crippen LogP contribution in [0.4, 0.5) is 0 Å². The molecule has 0 heterocycles. The van der Waals surface area contributed by atoms with Crippen LogP contribution < -0.4 is 10.5 Å². The Morgan fingerprint density at radius 3 is 2.50 bits per heavy atom. The number of esters is 1. The molecule has 3 heteroatoms. The number of benzene rings is 2. The molecule has 0 saturated carbocycles. The molecule has 0 fully saturated rings. The molecule has 0 aliphatic carbocycles. The van der Waals surface area contributed by atoms with Gasteiger partial charge in [-0.25, -0.2) is 4.79 Å². The van der Waals surface area contributed by atoms with E-state index in [1.54, 1.807) is 13.0 Å². The van der Waals surface area contributed by atoms with Crippen LogP contribution in [0.5, 0.6) is 5.75 Å². The van der Waals surface area contributed by atoms with Crippen LogP contribution in [-0.2, 0) is 11.3 Å². The van der Waals surface area contributed by atoms with Crippen LogP contribution in [0.25, 0.3) is 11.1 Å². The summed E-state index contributed by atoms with van der Waals surface area (Å²) in [5.41, 5.74) is 8.86. The van der Waals surface area contributed by atoms with E-state index in [0.717, 1.165) is 16.7 Å². The Bertz CT molecular complexity index is 633. The smallest absolute Gasteiger partial charge is 0.338 e. The third-order valence-electron chi connectivity index (χ3n) is 2.92. The van der Waals surface area contributed by atoms with Gasteiger partial charge in [0.25, 0.3) is 0 Å². The van der Waals surface area contributed by atoms with Gasteiger partial charge in [0, 0.05) is 17.7 Å². The molecule has 2 N–H and O–H groups in total. The molecule has 2 aromatic rings. The third kappa shape index (κ3) is 3.13. The van der Waals surface area contributed by atoms with Gasteiger partial charge in [-0.1, -0.05) is 43.0 Å². The Labute approximate surface area is 118 Å². The average Bonchev–Trinajstić information content (AvgIpc) is 2.48. The van der Waals surface area contributed by atoms with Crippen LogP contribution in [0.2, 0.25) is 0 Å². The van der Waals surface area contributed by atoms with E-state index < -0.39 is 5.97 Å². The van der Waals surface area contributed by atoms with Gasteiger partial charge >= 0.3 is 5.97 Å². The molecule has 3 nitrogen and oxygen atoms in total. The van der Waals surface area contributed by atoms with E-state index in [-0.39, 0.29) is 0 Å². The van der Waals surface area contributed by atoms with Crippen molar-refractivity contribution in [3.63, 3.8) is 0 Å². The van der Waals surface area contributed by atoms with E-state index in [1.807, 2.05) is 42.5 Å².